The summed E-state index contributed by atoms with van der Waals surface area (Å²) in [5.74, 6) is -14.0. The van der Waals surface area contributed by atoms with Crippen molar-refractivity contribution in [3.8, 4) is 0 Å². The first kappa shape index (κ1) is 15.3. The summed E-state index contributed by atoms with van der Waals surface area (Å²) in [5, 5.41) is -2.22. The molecule has 16 heavy (non-hydrogen) atoms. The minimum atomic E-state index is -7.07. The summed E-state index contributed by atoms with van der Waals surface area (Å²) in [7, 11) is -0.416. The van der Waals surface area contributed by atoms with Crippen molar-refractivity contribution in [3.63, 3.8) is 0 Å². The van der Waals surface area contributed by atoms with Gasteiger partial charge in [-0.05, 0) is 0 Å². The van der Waals surface area contributed by atoms with E-state index in [9.17, 15) is 44.0 Å². The topological polar surface area (TPSA) is 3.24 Å². The molecule has 0 spiro atoms. The molecule has 0 rings (SSSR count). The summed E-state index contributed by atoms with van der Waals surface area (Å²) in [4.78, 5) is 0. The van der Waals surface area contributed by atoms with Gasteiger partial charge in [0.1, 0.15) is 0 Å². The zero-order valence-corrected chi connectivity index (χ0v) is 7.23. The molecular formula is C5H3F10N. The Kier molecular flexibility index (Phi) is 3.47. The van der Waals surface area contributed by atoms with Gasteiger partial charge in [-0.3, -0.25) is 0 Å². The molecule has 0 atom stereocenters. The third kappa shape index (κ3) is 1.92. The second kappa shape index (κ2) is 3.64. The smallest absolute Gasteiger partial charge is 0.191 e. The van der Waals surface area contributed by atoms with Crippen molar-refractivity contribution in [1.82, 2.24) is 5.12 Å². The van der Waals surface area contributed by atoms with Crippen LogP contribution in [0.4, 0.5) is 44.0 Å². The molecular weight excluding hydrogens is 264 g/mol. The summed E-state index contributed by atoms with van der Waals surface area (Å²) in [6.07, 6.45) is -6.93. The van der Waals surface area contributed by atoms with Crippen LogP contribution >= 0.6 is 0 Å². The highest BCUT2D eigenvalue weighted by Crippen LogP contribution is 2.53. The van der Waals surface area contributed by atoms with Crippen LogP contribution in [0.5, 0.6) is 0 Å². The third-order valence-electron chi connectivity index (χ3n) is 1.52. The van der Waals surface area contributed by atoms with E-state index >= 15 is 0 Å². The highest BCUT2D eigenvalue weighted by molar-refractivity contribution is 4.98. The fourth-order valence-corrected chi connectivity index (χ4v) is 0.560. The number of halogens is 10. The molecule has 0 amide bonds. The number of hydrogen-bond acceptors (Lipinski definition) is 1. The van der Waals surface area contributed by atoms with E-state index in [-0.39, 0.29) is 0 Å². The first-order valence-electron chi connectivity index (χ1n) is 3.29. The maximum Gasteiger partial charge on any atom is 0.460 e. The van der Waals surface area contributed by atoms with Crippen LogP contribution in [0.15, 0.2) is 0 Å². The van der Waals surface area contributed by atoms with Crippen molar-refractivity contribution < 1.29 is 44.0 Å². The van der Waals surface area contributed by atoms with Crippen molar-refractivity contribution in [2.45, 2.75) is 24.1 Å². The van der Waals surface area contributed by atoms with Gasteiger partial charge < -0.3 is 0 Å². The number of nitrogens with zero attached hydrogens (tertiary/aromatic N) is 1. The molecule has 0 aromatic rings. The third-order valence-corrected chi connectivity index (χ3v) is 1.52. The molecule has 0 aromatic carbocycles. The molecule has 0 aliphatic rings. The van der Waals surface area contributed by atoms with E-state index in [2.05, 4.69) is 0 Å². The Morgan fingerprint density at radius 3 is 1.19 bits per heavy atom. The first-order valence-corrected chi connectivity index (χ1v) is 3.29. The molecule has 0 saturated carbocycles. The summed E-state index contributed by atoms with van der Waals surface area (Å²) < 4.78 is 119. The fourth-order valence-electron chi connectivity index (χ4n) is 0.560. The lowest BCUT2D eigenvalue weighted by atomic mass is 10.1. The van der Waals surface area contributed by atoms with E-state index in [1.807, 2.05) is 0 Å². The molecule has 0 radical (unpaired) electrons. The van der Waals surface area contributed by atoms with Crippen molar-refractivity contribution >= 4 is 0 Å². The van der Waals surface area contributed by atoms with E-state index in [0.29, 0.717) is 0 Å². The molecule has 1 nitrogen and oxygen atoms in total. The second-order valence-corrected chi connectivity index (χ2v) is 2.66. The van der Waals surface area contributed by atoms with Crippen molar-refractivity contribution in [2.75, 3.05) is 7.05 Å². The number of alkyl halides is 9. The van der Waals surface area contributed by atoms with E-state index in [1.165, 1.54) is 0 Å². The molecule has 0 fully saturated rings. The summed E-state index contributed by atoms with van der Waals surface area (Å²) in [5.41, 5.74) is 0. The van der Waals surface area contributed by atoms with Crippen molar-refractivity contribution in [3.05, 3.63) is 0 Å². The Bertz CT molecular complexity index is 252. The van der Waals surface area contributed by atoms with Gasteiger partial charge in [-0.1, -0.05) is 5.12 Å². The maximum absolute atomic E-state index is 12.2. The zero-order chi connectivity index (χ0) is 13.6. The van der Waals surface area contributed by atoms with Crippen LogP contribution in [0.3, 0.4) is 0 Å². The monoisotopic (exact) mass is 267 g/mol. The summed E-state index contributed by atoms with van der Waals surface area (Å²) >= 11 is 0. The van der Waals surface area contributed by atoms with Crippen LogP contribution in [0.25, 0.3) is 0 Å². The Balaban J connectivity index is 5.53. The van der Waals surface area contributed by atoms with Gasteiger partial charge in [0.2, 0.25) is 0 Å². The van der Waals surface area contributed by atoms with Gasteiger partial charge in [0, 0.05) is 7.05 Å². The Labute approximate surface area is 81.5 Å². The van der Waals surface area contributed by atoms with Crippen LogP contribution in [-0.4, -0.2) is 36.2 Å². The minimum Gasteiger partial charge on any atom is -0.191 e. The van der Waals surface area contributed by atoms with Gasteiger partial charge >= 0.3 is 24.1 Å². The Morgan fingerprint density at radius 2 is 1.00 bits per heavy atom. The van der Waals surface area contributed by atoms with Crippen LogP contribution in [-0.2, 0) is 0 Å². The highest BCUT2D eigenvalue weighted by atomic mass is 19.4. The van der Waals surface area contributed by atoms with Crippen LogP contribution in [0.2, 0.25) is 0 Å². The van der Waals surface area contributed by atoms with Crippen LogP contribution in [0.1, 0.15) is 0 Å². The molecule has 0 bridgehead atoms. The van der Waals surface area contributed by atoms with E-state index in [1.54, 1.807) is 0 Å². The van der Waals surface area contributed by atoms with E-state index in [0.717, 1.165) is 0 Å². The van der Waals surface area contributed by atoms with Gasteiger partial charge in [-0.15, -0.1) is 4.48 Å². The SMILES string of the molecule is CN(F)C(F)(F)C(F)(F)C(F)(F)C(F)(F)F. The van der Waals surface area contributed by atoms with E-state index in [4.69, 9.17) is 0 Å². The van der Waals surface area contributed by atoms with Crippen LogP contribution in [0, 0.1) is 0 Å². The molecule has 98 valence electrons. The highest BCUT2D eigenvalue weighted by Gasteiger charge is 2.83. The number of rotatable bonds is 3. The average Bonchev–Trinajstić information content (AvgIpc) is 2.00. The quantitative estimate of drug-likeness (QED) is 0.431. The number of hydrogen-bond donors (Lipinski definition) is 0. The summed E-state index contributed by atoms with van der Waals surface area (Å²) in [6, 6.07) is -6.30. The molecule has 0 aromatic heterocycles. The van der Waals surface area contributed by atoms with Crippen molar-refractivity contribution in [1.29, 1.82) is 0 Å². The Morgan fingerprint density at radius 1 is 0.688 bits per heavy atom. The van der Waals surface area contributed by atoms with Gasteiger partial charge in [-0.25, -0.2) is 0 Å². The molecule has 0 heterocycles. The predicted octanol–water partition coefficient (Wildman–Crippen LogP) is 3.23. The molecule has 0 aliphatic heterocycles. The first-order chi connectivity index (χ1) is 6.69. The Hall–Kier alpha value is -0.740. The lowest BCUT2D eigenvalue weighted by Crippen LogP contribution is -2.64. The van der Waals surface area contributed by atoms with Gasteiger partial charge in [0.05, 0.1) is 0 Å². The fraction of sp³-hybridized carbons (Fsp3) is 1.00. The minimum absolute atomic E-state index is 0.416. The lowest BCUT2D eigenvalue weighted by Gasteiger charge is -2.34. The molecule has 0 saturated heterocycles. The van der Waals surface area contributed by atoms with Gasteiger partial charge in [0.25, 0.3) is 0 Å². The molecule has 0 unspecified atom stereocenters. The lowest BCUT2D eigenvalue weighted by molar-refractivity contribution is -0.431. The maximum atomic E-state index is 12.2. The molecule has 0 aliphatic carbocycles. The average molecular weight is 267 g/mol. The zero-order valence-electron chi connectivity index (χ0n) is 7.23. The van der Waals surface area contributed by atoms with Crippen molar-refractivity contribution in [2.24, 2.45) is 0 Å². The van der Waals surface area contributed by atoms with Crippen LogP contribution < -0.4 is 0 Å². The van der Waals surface area contributed by atoms with Gasteiger partial charge in [-0.2, -0.15) is 39.5 Å². The molecule has 0 N–H and O–H groups in total. The molecule has 11 heteroatoms. The van der Waals surface area contributed by atoms with E-state index < -0.39 is 36.2 Å². The second-order valence-electron chi connectivity index (χ2n) is 2.66. The normalized spacial score (nSPS) is 15.8. The standard InChI is InChI=1S/C5H3F10N/c1-16(15)5(13,14)3(8,9)2(6,7)4(10,11)12/h1H3. The largest absolute Gasteiger partial charge is 0.460 e. The van der Waals surface area contributed by atoms with Gasteiger partial charge in [0.15, 0.2) is 0 Å². The summed E-state index contributed by atoms with van der Waals surface area (Å²) in [6.45, 7) is 0. The predicted molar refractivity (Wildman–Crippen MR) is 29.8 cm³/mol.